The number of rotatable bonds is 4. The number of carbonyl (C=O) groups excluding carboxylic acids is 1. The standard InChI is InChI=1S/C19H26N4O2.Li/c1-22-13-5-3-6-14(22)10-12(9-13)20-11-16-18-15(19(24)25)7-4-8-17(18)23(2)21-16;/h4,7-8,12-14,20H,3,5-6,9-11H2,1-2H3,(H,24,25);/q;+1/p-1. The van der Waals surface area contributed by atoms with Crippen molar-refractivity contribution in [2.24, 2.45) is 7.05 Å². The van der Waals surface area contributed by atoms with E-state index >= 15 is 0 Å². The van der Waals surface area contributed by atoms with Crippen LogP contribution < -0.4 is 29.3 Å². The smallest absolute Gasteiger partial charge is 0.545 e. The number of nitrogens with zero attached hydrogens (tertiary/aromatic N) is 3. The molecule has 1 N–H and O–H groups in total. The average molecular weight is 348 g/mol. The summed E-state index contributed by atoms with van der Waals surface area (Å²) < 4.78 is 1.75. The van der Waals surface area contributed by atoms with E-state index in [0.717, 1.165) is 24.1 Å². The van der Waals surface area contributed by atoms with Gasteiger partial charge in [-0.1, -0.05) is 18.6 Å². The summed E-state index contributed by atoms with van der Waals surface area (Å²) in [5.74, 6) is -1.14. The number of carboxylic acids is 1. The zero-order valence-electron chi connectivity index (χ0n) is 15.9. The molecule has 7 heteroatoms. The van der Waals surface area contributed by atoms with Crippen LogP contribution >= 0.6 is 0 Å². The minimum Gasteiger partial charge on any atom is -0.545 e. The van der Waals surface area contributed by atoms with E-state index in [1.54, 1.807) is 16.8 Å². The normalized spacial score (nSPS) is 25.8. The van der Waals surface area contributed by atoms with Crippen LogP contribution in [0.1, 0.15) is 48.2 Å². The molecule has 4 rings (SSSR count). The van der Waals surface area contributed by atoms with Crippen molar-refractivity contribution in [3.8, 4) is 0 Å². The number of carbonyl (C=O) groups is 1. The van der Waals surface area contributed by atoms with Crippen LogP contribution in [0.5, 0.6) is 0 Å². The third kappa shape index (κ3) is 3.44. The van der Waals surface area contributed by atoms with Gasteiger partial charge in [-0.2, -0.15) is 5.10 Å². The molecule has 2 aromatic rings. The van der Waals surface area contributed by atoms with Gasteiger partial charge in [-0.05, 0) is 38.8 Å². The molecule has 6 nitrogen and oxygen atoms in total. The average Bonchev–Trinajstić information content (AvgIpc) is 2.90. The number of nitrogens with one attached hydrogen (secondary N) is 1. The molecule has 0 aliphatic carbocycles. The fraction of sp³-hybridized carbons (Fsp3) is 0.579. The van der Waals surface area contributed by atoms with Gasteiger partial charge in [0.2, 0.25) is 0 Å². The Balaban J connectivity index is 0.00000196. The van der Waals surface area contributed by atoms with Gasteiger partial charge in [-0.25, -0.2) is 0 Å². The molecule has 2 saturated heterocycles. The molecular formula is C19H25LiN4O2. The minimum absolute atomic E-state index is 0. The maximum absolute atomic E-state index is 11.5. The minimum atomic E-state index is -1.14. The molecule has 1 aromatic carbocycles. The van der Waals surface area contributed by atoms with E-state index in [9.17, 15) is 9.90 Å². The van der Waals surface area contributed by atoms with Crippen LogP contribution in [-0.4, -0.2) is 45.8 Å². The molecule has 0 amide bonds. The van der Waals surface area contributed by atoms with E-state index < -0.39 is 5.97 Å². The maximum Gasteiger partial charge on any atom is 1.00 e. The molecule has 2 atom stereocenters. The number of aromatic nitrogens is 2. The molecule has 0 spiro atoms. The summed E-state index contributed by atoms with van der Waals surface area (Å²) in [5.41, 5.74) is 1.85. The van der Waals surface area contributed by atoms with Crippen LogP contribution in [0, 0.1) is 0 Å². The van der Waals surface area contributed by atoms with Gasteiger partial charge in [0.25, 0.3) is 0 Å². The van der Waals surface area contributed by atoms with E-state index in [1.807, 2.05) is 13.1 Å². The first kappa shape index (κ1) is 19.4. The quantitative estimate of drug-likeness (QED) is 0.650. The predicted molar refractivity (Wildman–Crippen MR) is 94.1 cm³/mol. The van der Waals surface area contributed by atoms with Gasteiger partial charge in [0.05, 0.1) is 17.2 Å². The van der Waals surface area contributed by atoms with Crippen LogP contribution in [0.4, 0.5) is 0 Å². The SMILES string of the molecule is CN1C2CCCC1CC(NCc1nn(C)c3cccc(C(=O)[O-])c13)C2.[Li+]. The first-order valence-electron chi connectivity index (χ1n) is 9.16. The number of piperidine rings is 2. The van der Waals surface area contributed by atoms with Gasteiger partial charge in [0.1, 0.15) is 0 Å². The van der Waals surface area contributed by atoms with E-state index in [-0.39, 0.29) is 24.4 Å². The number of benzene rings is 1. The fourth-order valence-corrected chi connectivity index (χ4v) is 4.72. The molecule has 0 saturated carbocycles. The van der Waals surface area contributed by atoms with Crippen molar-refractivity contribution in [2.45, 2.75) is 56.8 Å². The molecule has 2 aliphatic rings. The van der Waals surface area contributed by atoms with Gasteiger partial charge in [0, 0.05) is 42.7 Å². The van der Waals surface area contributed by atoms with Crippen LogP contribution in [0.2, 0.25) is 0 Å². The van der Waals surface area contributed by atoms with Gasteiger partial charge in [-0.3, -0.25) is 4.68 Å². The van der Waals surface area contributed by atoms with Crippen molar-refractivity contribution in [1.82, 2.24) is 20.0 Å². The summed E-state index contributed by atoms with van der Waals surface area (Å²) in [6, 6.07) is 7.05. The van der Waals surface area contributed by atoms with Crippen molar-refractivity contribution in [3.05, 3.63) is 29.5 Å². The number of aromatic carboxylic acids is 1. The topological polar surface area (TPSA) is 73.2 Å². The number of hydrogen-bond acceptors (Lipinski definition) is 5. The van der Waals surface area contributed by atoms with E-state index in [0.29, 0.717) is 30.1 Å². The first-order chi connectivity index (χ1) is 12.0. The monoisotopic (exact) mass is 348 g/mol. The molecular weight excluding hydrogens is 323 g/mol. The molecule has 0 radical (unpaired) electrons. The number of aryl methyl sites for hydroxylation is 1. The summed E-state index contributed by atoms with van der Waals surface area (Å²) in [6.07, 6.45) is 6.22. The molecule has 3 heterocycles. The van der Waals surface area contributed by atoms with Crippen LogP contribution in [-0.2, 0) is 13.6 Å². The van der Waals surface area contributed by atoms with Gasteiger partial charge in [0.15, 0.2) is 0 Å². The van der Waals surface area contributed by atoms with Gasteiger partial charge < -0.3 is 20.1 Å². The predicted octanol–water partition coefficient (Wildman–Crippen LogP) is -1.95. The fourth-order valence-electron chi connectivity index (χ4n) is 4.72. The zero-order chi connectivity index (χ0) is 17.6. The molecule has 26 heavy (non-hydrogen) atoms. The summed E-state index contributed by atoms with van der Waals surface area (Å²) in [7, 11) is 4.11. The number of carboxylic acid groups (broad SMARTS) is 1. The molecule has 2 unspecified atom stereocenters. The number of fused-ring (bicyclic) bond motifs is 3. The second kappa shape index (κ2) is 7.73. The van der Waals surface area contributed by atoms with E-state index in [4.69, 9.17) is 0 Å². The third-order valence-electron chi connectivity index (χ3n) is 6.07. The summed E-state index contributed by atoms with van der Waals surface area (Å²) >= 11 is 0. The largest absolute Gasteiger partial charge is 1.00 e. The zero-order valence-corrected chi connectivity index (χ0v) is 15.9. The Bertz CT molecular complexity index is 792. The van der Waals surface area contributed by atoms with Crippen LogP contribution in [0.15, 0.2) is 18.2 Å². The van der Waals surface area contributed by atoms with Crippen LogP contribution in [0.3, 0.4) is 0 Å². The maximum atomic E-state index is 11.5. The second-order valence-corrected chi connectivity index (χ2v) is 7.51. The Labute approximate surface area is 166 Å². The van der Waals surface area contributed by atoms with Crippen molar-refractivity contribution >= 4 is 16.9 Å². The van der Waals surface area contributed by atoms with Crippen molar-refractivity contribution in [2.75, 3.05) is 7.05 Å². The molecule has 2 bridgehead atoms. The summed E-state index contributed by atoms with van der Waals surface area (Å²) in [6.45, 7) is 0.593. The molecule has 1 aromatic heterocycles. The molecule has 2 fully saturated rings. The Morgan fingerprint density at radius 1 is 1.27 bits per heavy atom. The summed E-state index contributed by atoms with van der Waals surface area (Å²) in [5, 5.41) is 20.4. The van der Waals surface area contributed by atoms with Crippen LogP contribution in [0.25, 0.3) is 10.9 Å². The van der Waals surface area contributed by atoms with Gasteiger partial charge in [-0.15, -0.1) is 0 Å². The Morgan fingerprint density at radius 2 is 1.96 bits per heavy atom. The Hall–Kier alpha value is -1.32. The molecule has 2 aliphatic heterocycles. The van der Waals surface area contributed by atoms with Gasteiger partial charge >= 0.3 is 18.9 Å². The summed E-state index contributed by atoms with van der Waals surface area (Å²) in [4.78, 5) is 14.0. The Kier molecular flexibility index (Phi) is 5.78. The van der Waals surface area contributed by atoms with E-state index in [1.165, 1.54) is 19.3 Å². The van der Waals surface area contributed by atoms with Crippen molar-refractivity contribution in [3.63, 3.8) is 0 Å². The van der Waals surface area contributed by atoms with Crippen molar-refractivity contribution in [1.29, 1.82) is 0 Å². The van der Waals surface area contributed by atoms with Crippen molar-refractivity contribution < 1.29 is 28.8 Å². The molecule has 134 valence electrons. The third-order valence-corrected chi connectivity index (χ3v) is 6.07. The van der Waals surface area contributed by atoms with E-state index in [2.05, 4.69) is 22.4 Å². The number of hydrogen-bond donors (Lipinski definition) is 1. The first-order valence-corrected chi connectivity index (χ1v) is 9.16. The second-order valence-electron chi connectivity index (χ2n) is 7.51. The Morgan fingerprint density at radius 3 is 2.62 bits per heavy atom.